The summed E-state index contributed by atoms with van der Waals surface area (Å²) in [7, 11) is 3.45. The first-order valence-electron chi connectivity index (χ1n) is 7.02. The molecule has 4 nitrogen and oxygen atoms in total. The first-order valence-corrected chi connectivity index (χ1v) is 7.40. The summed E-state index contributed by atoms with van der Waals surface area (Å²) in [6, 6.07) is 6.21. The average molecular weight is 424 g/mol. The Hall–Kier alpha value is -0.690. The summed E-state index contributed by atoms with van der Waals surface area (Å²) in [5, 5.41) is 7.46. The molecular weight excluding hydrogens is 401 g/mol. The summed E-state index contributed by atoms with van der Waals surface area (Å²) in [6.07, 6.45) is 5.06. The minimum absolute atomic E-state index is 0. The van der Waals surface area contributed by atoms with Gasteiger partial charge >= 0.3 is 0 Å². The lowest BCUT2D eigenvalue weighted by molar-refractivity contribution is 0.409. The quantitative estimate of drug-likeness (QED) is 0.442. The topological polar surface area (TPSA) is 45.7 Å². The highest BCUT2D eigenvalue weighted by Gasteiger charge is 2.16. The van der Waals surface area contributed by atoms with Gasteiger partial charge in [0.1, 0.15) is 5.75 Å². The first kappa shape index (κ1) is 18.4. The van der Waals surface area contributed by atoms with Gasteiger partial charge in [-0.15, -0.1) is 24.0 Å². The molecule has 0 radical (unpaired) electrons. The molecule has 0 bridgehead atoms. The van der Waals surface area contributed by atoms with Crippen LogP contribution in [0.4, 0.5) is 0 Å². The van der Waals surface area contributed by atoms with Gasteiger partial charge in [-0.25, -0.2) is 0 Å². The summed E-state index contributed by atoms with van der Waals surface area (Å²) in [5.41, 5.74) is 1.06. The molecule has 1 aliphatic carbocycles. The van der Waals surface area contributed by atoms with Crippen molar-refractivity contribution >= 4 is 41.5 Å². The van der Waals surface area contributed by atoms with Gasteiger partial charge in [0.25, 0.3) is 0 Å². The van der Waals surface area contributed by atoms with Gasteiger partial charge < -0.3 is 15.4 Å². The molecule has 0 aromatic heterocycles. The monoisotopic (exact) mass is 423 g/mol. The second-order valence-corrected chi connectivity index (χ2v) is 5.44. The lowest BCUT2D eigenvalue weighted by Gasteiger charge is -2.17. The molecule has 0 heterocycles. The highest BCUT2D eigenvalue weighted by Crippen LogP contribution is 2.23. The van der Waals surface area contributed by atoms with Crippen LogP contribution in [0.1, 0.15) is 31.2 Å². The van der Waals surface area contributed by atoms with Crippen LogP contribution in [0.3, 0.4) is 0 Å². The Morgan fingerprint density at radius 1 is 1.38 bits per heavy atom. The minimum atomic E-state index is 0. The largest absolute Gasteiger partial charge is 0.496 e. The molecule has 0 aliphatic heterocycles. The molecule has 1 aromatic rings. The maximum Gasteiger partial charge on any atom is 0.191 e. The van der Waals surface area contributed by atoms with Crippen LogP contribution in [-0.4, -0.2) is 26.2 Å². The number of rotatable bonds is 4. The minimum Gasteiger partial charge on any atom is -0.496 e. The van der Waals surface area contributed by atoms with Crippen molar-refractivity contribution in [1.82, 2.24) is 10.6 Å². The third-order valence-corrected chi connectivity index (χ3v) is 3.85. The number of aliphatic imine (C=N–C) groups is 1. The number of halogens is 2. The lowest BCUT2D eigenvalue weighted by Crippen LogP contribution is -2.41. The van der Waals surface area contributed by atoms with E-state index in [9.17, 15) is 0 Å². The van der Waals surface area contributed by atoms with E-state index in [1.54, 1.807) is 14.2 Å². The van der Waals surface area contributed by atoms with Crippen molar-refractivity contribution in [3.63, 3.8) is 0 Å². The first-order chi connectivity index (χ1) is 9.72. The molecule has 1 aliphatic rings. The number of hydrogen-bond acceptors (Lipinski definition) is 2. The van der Waals surface area contributed by atoms with Crippen molar-refractivity contribution in [2.75, 3.05) is 14.2 Å². The fraction of sp³-hybridized carbons (Fsp3) is 0.533. The second kappa shape index (κ2) is 9.35. The Morgan fingerprint density at radius 3 is 2.71 bits per heavy atom. The van der Waals surface area contributed by atoms with Crippen molar-refractivity contribution in [2.45, 2.75) is 38.3 Å². The molecule has 1 saturated carbocycles. The Bertz CT molecular complexity index is 476. The number of guanidine groups is 1. The van der Waals surface area contributed by atoms with E-state index >= 15 is 0 Å². The highest BCUT2D eigenvalue weighted by molar-refractivity contribution is 14.0. The van der Waals surface area contributed by atoms with Gasteiger partial charge in [0.05, 0.1) is 7.11 Å². The van der Waals surface area contributed by atoms with Crippen LogP contribution in [0, 0.1) is 0 Å². The fourth-order valence-electron chi connectivity index (χ4n) is 2.50. The smallest absolute Gasteiger partial charge is 0.191 e. The van der Waals surface area contributed by atoms with Crippen LogP contribution in [-0.2, 0) is 6.54 Å². The van der Waals surface area contributed by atoms with Gasteiger partial charge in [-0.05, 0) is 25.0 Å². The van der Waals surface area contributed by atoms with Gasteiger partial charge in [0.2, 0.25) is 0 Å². The maximum absolute atomic E-state index is 5.96. The summed E-state index contributed by atoms with van der Waals surface area (Å²) < 4.78 is 5.34. The Kier molecular flexibility index (Phi) is 8.18. The predicted molar refractivity (Wildman–Crippen MR) is 99.0 cm³/mol. The lowest BCUT2D eigenvalue weighted by atomic mass is 10.2. The summed E-state index contributed by atoms with van der Waals surface area (Å²) >= 11 is 5.96. The fourth-order valence-corrected chi connectivity index (χ4v) is 2.66. The Labute approximate surface area is 148 Å². The molecule has 0 spiro atoms. The van der Waals surface area contributed by atoms with Crippen LogP contribution >= 0.6 is 35.6 Å². The van der Waals surface area contributed by atoms with Crippen molar-refractivity contribution < 1.29 is 4.74 Å². The van der Waals surface area contributed by atoms with Crippen molar-refractivity contribution in [3.8, 4) is 5.75 Å². The van der Waals surface area contributed by atoms with E-state index in [1.165, 1.54) is 25.7 Å². The number of hydrogen-bond donors (Lipinski definition) is 2. The highest BCUT2D eigenvalue weighted by atomic mass is 127. The van der Waals surface area contributed by atoms with E-state index in [-0.39, 0.29) is 24.0 Å². The molecule has 1 aromatic carbocycles. The summed E-state index contributed by atoms with van der Waals surface area (Å²) in [5.74, 6) is 1.63. The van der Waals surface area contributed by atoms with Gasteiger partial charge in [0.15, 0.2) is 5.96 Å². The van der Waals surface area contributed by atoms with E-state index < -0.39 is 0 Å². The normalized spacial score (nSPS) is 15.5. The molecule has 0 amide bonds. The Balaban J connectivity index is 0.00000220. The number of benzene rings is 1. The van der Waals surface area contributed by atoms with E-state index in [0.717, 1.165) is 17.3 Å². The van der Waals surface area contributed by atoms with Crippen molar-refractivity contribution in [2.24, 2.45) is 4.99 Å². The van der Waals surface area contributed by atoms with Gasteiger partial charge in [-0.1, -0.05) is 30.5 Å². The van der Waals surface area contributed by atoms with E-state index in [2.05, 4.69) is 15.6 Å². The molecule has 0 unspecified atom stereocenters. The molecule has 1 fully saturated rings. The SMILES string of the molecule is CN=C(NCc1ccc(Cl)cc1OC)NC1CCCC1.I. The molecule has 6 heteroatoms. The van der Waals surface area contributed by atoms with Gasteiger partial charge in [0, 0.05) is 30.2 Å². The Morgan fingerprint density at radius 2 is 2.10 bits per heavy atom. The molecule has 2 N–H and O–H groups in total. The zero-order chi connectivity index (χ0) is 14.4. The number of ether oxygens (including phenoxy) is 1. The van der Waals surface area contributed by atoms with E-state index in [1.807, 2.05) is 18.2 Å². The molecule has 0 saturated heterocycles. The van der Waals surface area contributed by atoms with E-state index in [4.69, 9.17) is 16.3 Å². The van der Waals surface area contributed by atoms with Crippen molar-refractivity contribution in [1.29, 1.82) is 0 Å². The third kappa shape index (κ3) is 5.54. The van der Waals surface area contributed by atoms with Crippen molar-refractivity contribution in [3.05, 3.63) is 28.8 Å². The standard InChI is InChI=1S/C15H22ClN3O.HI/c1-17-15(19-13-5-3-4-6-13)18-10-11-7-8-12(16)9-14(11)20-2;/h7-9,13H,3-6,10H2,1-2H3,(H2,17,18,19);1H. The molecule has 0 atom stereocenters. The number of nitrogens with one attached hydrogen (secondary N) is 2. The number of methoxy groups -OCH3 is 1. The maximum atomic E-state index is 5.96. The van der Waals surface area contributed by atoms with Gasteiger partial charge in [-0.3, -0.25) is 4.99 Å². The van der Waals surface area contributed by atoms with Crippen LogP contribution in [0.2, 0.25) is 5.02 Å². The zero-order valence-corrected chi connectivity index (χ0v) is 15.6. The molecule has 118 valence electrons. The molecule has 2 rings (SSSR count). The summed E-state index contributed by atoms with van der Waals surface area (Å²) in [6.45, 7) is 0.659. The molecule has 21 heavy (non-hydrogen) atoms. The third-order valence-electron chi connectivity index (χ3n) is 3.62. The average Bonchev–Trinajstić information content (AvgIpc) is 2.97. The van der Waals surface area contributed by atoms with E-state index in [0.29, 0.717) is 17.6 Å². The predicted octanol–water partition coefficient (Wildman–Crippen LogP) is 3.57. The van der Waals surface area contributed by atoms with Crippen LogP contribution < -0.4 is 15.4 Å². The zero-order valence-electron chi connectivity index (χ0n) is 12.5. The summed E-state index contributed by atoms with van der Waals surface area (Å²) in [4.78, 5) is 4.27. The van der Waals surface area contributed by atoms with Crippen LogP contribution in [0.5, 0.6) is 5.75 Å². The second-order valence-electron chi connectivity index (χ2n) is 5.01. The van der Waals surface area contributed by atoms with Crippen LogP contribution in [0.15, 0.2) is 23.2 Å². The number of nitrogens with zero attached hydrogens (tertiary/aromatic N) is 1. The molecular formula is C15H23ClIN3O. The van der Waals surface area contributed by atoms with Crippen LogP contribution in [0.25, 0.3) is 0 Å². The van der Waals surface area contributed by atoms with Gasteiger partial charge in [-0.2, -0.15) is 0 Å².